The average Bonchev–Trinajstić information content (AvgIpc) is 2.73. The van der Waals surface area contributed by atoms with Gasteiger partial charge in [-0.15, -0.1) is 0 Å². The number of nitrogens with one attached hydrogen (secondary N) is 1. The maximum atomic E-state index is 3.72. The van der Waals surface area contributed by atoms with Crippen molar-refractivity contribution >= 4 is 5.69 Å². The second-order valence-electron chi connectivity index (χ2n) is 6.37. The molecule has 2 atom stereocenters. The lowest BCUT2D eigenvalue weighted by atomic mass is 10.00. The zero-order chi connectivity index (χ0) is 15.1. The van der Waals surface area contributed by atoms with Gasteiger partial charge in [0.25, 0.3) is 0 Å². The molecule has 2 rings (SSSR count). The number of anilines is 1. The van der Waals surface area contributed by atoms with E-state index < -0.39 is 0 Å². The van der Waals surface area contributed by atoms with Crippen molar-refractivity contribution in [2.75, 3.05) is 18.0 Å². The Labute approximate surface area is 130 Å². The quantitative estimate of drug-likeness (QED) is 0.800. The van der Waals surface area contributed by atoms with Gasteiger partial charge in [-0.1, -0.05) is 44.9 Å². The van der Waals surface area contributed by atoms with Gasteiger partial charge < -0.3 is 10.2 Å². The third kappa shape index (κ3) is 4.23. The molecule has 0 aliphatic carbocycles. The molecule has 0 radical (unpaired) electrons. The Morgan fingerprint density at radius 2 is 2.00 bits per heavy atom. The van der Waals surface area contributed by atoms with Crippen LogP contribution in [0, 0.1) is 0 Å². The molecule has 2 heteroatoms. The van der Waals surface area contributed by atoms with E-state index >= 15 is 0 Å². The summed E-state index contributed by atoms with van der Waals surface area (Å²) in [5, 5.41) is 3.72. The topological polar surface area (TPSA) is 15.3 Å². The maximum Gasteiger partial charge on any atom is 0.0417 e. The minimum atomic E-state index is 0.483. The van der Waals surface area contributed by atoms with Gasteiger partial charge in [0.05, 0.1) is 0 Å². The summed E-state index contributed by atoms with van der Waals surface area (Å²) in [4.78, 5) is 2.65. The molecule has 1 aromatic carbocycles. The summed E-state index contributed by atoms with van der Waals surface area (Å²) in [6, 6.07) is 10.2. The summed E-state index contributed by atoms with van der Waals surface area (Å²) in [5.74, 6) is 0. The monoisotopic (exact) mass is 288 g/mol. The first-order chi connectivity index (χ1) is 10.3. The Hall–Kier alpha value is -1.02. The van der Waals surface area contributed by atoms with Gasteiger partial charge in [-0.25, -0.2) is 0 Å². The highest BCUT2D eigenvalue weighted by Gasteiger charge is 2.22. The van der Waals surface area contributed by atoms with Gasteiger partial charge in [0, 0.05) is 24.3 Å². The van der Waals surface area contributed by atoms with Gasteiger partial charge in [-0.2, -0.15) is 0 Å². The van der Waals surface area contributed by atoms with Crippen LogP contribution in [0.1, 0.15) is 70.9 Å². The first-order valence-corrected chi connectivity index (χ1v) is 8.86. The molecule has 1 aliphatic heterocycles. The number of hydrogen-bond acceptors (Lipinski definition) is 2. The molecule has 2 nitrogen and oxygen atoms in total. The largest absolute Gasteiger partial charge is 0.369 e. The number of benzene rings is 1. The molecule has 0 bridgehead atoms. The van der Waals surface area contributed by atoms with Crippen molar-refractivity contribution in [3.05, 3.63) is 29.8 Å². The number of rotatable bonds is 6. The Morgan fingerprint density at radius 1 is 1.19 bits per heavy atom. The Balaban J connectivity index is 2.25. The van der Waals surface area contributed by atoms with Crippen LogP contribution in [0.3, 0.4) is 0 Å². The molecule has 21 heavy (non-hydrogen) atoms. The zero-order valence-corrected chi connectivity index (χ0v) is 14.1. The van der Waals surface area contributed by atoms with Crippen LogP contribution >= 0.6 is 0 Å². The number of para-hydroxylation sites is 1. The van der Waals surface area contributed by atoms with Crippen LogP contribution in [-0.2, 0) is 0 Å². The van der Waals surface area contributed by atoms with E-state index in [0.29, 0.717) is 12.1 Å². The van der Waals surface area contributed by atoms with E-state index in [0.717, 1.165) is 13.0 Å². The summed E-state index contributed by atoms with van der Waals surface area (Å²) >= 11 is 0. The van der Waals surface area contributed by atoms with Crippen molar-refractivity contribution in [3.8, 4) is 0 Å². The van der Waals surface area contributed by atoms with E-state index in [-0.39, 0.29) is 0 Å². The van der Waals surface area contributed by atoms with Crippen LogP contribution in [0.25, 0.3) is 0 Å². The maximum absolute atomic E-state index is 3.72. The number of nitrogens with zero attached hydrogens (tertiary/aromatic N) is 1. The zero-order valence-electron chi connectivity index (χ0n) is 14.1. The molecule has 2 unspecified atom stereocenters. The highest BCUT2D eigenvalue weighted by Crippen LogP contribution is 2.32. The summed E-state index contributed by atoms with van der Waals surface area (Å²) in [6.45, 7) is 9.23. The van der Waals surface area contributed by atoms with Crippen LogP contribution in [0.5, 0.6) is 0 Å². The predicted molar refractivity (Wildman–Crippen MR) is 93.0 cm³/mol. The third-order valence-corrected chi connectivity index (χ3v) is 4.72. The summed E-state index contributed by atoms with van der Waals surface area (Å²) in [6.07, 6.45) is 7.77. The smallest absolute Gasteiger partial charge is 0.0417 e. The molecule has 1 saturated heterocycles. The van der Waals surface area contributed by atoms with Gasteiger partial charge in [-0.05, 0) is 50.8 Å². The molecule has 0 saturated carbocycles. The summed E-state index contributed by atoms with van der Waals surface area (Å²) in [7, 11) is 0. The van der Waals surface area contributed by atoms with Gasteiger partial charge in [0.15, 0.2) is 0 Å². The minimum Gasteiger partial charge on any atom is -0.369 e. The second kappa shape index (κ2) is 8.43. The fourth-order valence-electron chi connectivity index (χ4n) is 3.47. The predicted octanol–water partition coefficient (Wildman–Crippen LogP) is 4.91. The average molecular weight is 288 g/mol. The Kier molecular flexibility index (Phi) is 6.56. The lowest BCUT2D eigenvalue weighted by Crippen LogP contribution is -2.34. The summed E-state index contributed by atoms with van der Waals surface area (Å²) < 4.78 is 0. The molecular formula is C19H32N2. The SMILES string of the molecule is CCCNC(CC)c1ccccc1N1CCCCCC1C. The van der Waals surface area contributed by atoms with Gasteiger partial charge in [-0.3, -0.25) is 0 Å². The lowest BCUT2D eigenvalue weighted by Gasteiger charge is -2.33. The molecule has 1 heterocycles. The van der Waals surface area contributed by atoms with E-state index in [1.165, 1.54) is 49.9 Å². The molecule has 1 N–H and O–H groups in total. The third-order valence-electron chi connectivity index (χ3n) is 4.72. The first-order valence-electron chi connectivity index (χ1n) is 8.86. The Morgan fingerprint density at radius 3 is 2.76 bits per heavy atom. The van der Waals surface area contributed by atoms with E-state index in [9.17, 15) is 0 Å². The van der Waals surface area contributed by atoms with Crippen molar-refractivity contribution in [3.63, 3.8) is 0 Å². The van der Waals surface area contributed by atoms with E-state index in [2.05, 4.69) is 55.3 Å². The highest BCUT2D eigenvalue weighted by molar-refractivity contribution is 5.56. The van der Waals surface area contributed by atoms with Crippen LogP contribution in [-0.4, -0.2) is 19.1 Å². The van der Waals surface area contributed by atoms with Gasteiger partial charge >= 0.3 is 0 Å². The van der Waals surface area contributed by atoms with Crippen molar-refractivity contribution < 1.29 is 0 Å². The van der Waals surface area contributed by atoms with Gasteiger partial charge in [0.2, 0.25) is 0 Å². The van der Waals surface area contributed by atoms with E-state index in [4.69, 9.17) is 0 Å². The number of hydrogen-bond donors (Lipinski definition) is 1. The van der Waals surface area contributed by atoms with E-state index in [1.807, 2.05) is 0 Å². The molecule has 1 aromatic rings. The van der Waals surface area contributed by atoms with Crippen molar-refractivity contribution in [2.24, 2.45) is 0 Å². The normalized spacial score (nSPS) is 21.1. The standard InChI is InChI=1S/C19H32N2/c1-4-14-20-18(5-2)17-12-8-9-13-19(17)21-15-10-6-7-11-16(21)3/h8-9,12-13,16,18,20H,4-7,10-11,14-15H2,1-3H3. The molecule has 0 spiro atoms. The van der Waals surface area contributed by atoms with Crippen molar-refractivity contribution in [1.82, 2.24) is 5.32 Å². The minimum absolute atomic E-state index is 0.483. The van der Waals surface area contributed by atoms with Crippen molar-refractivity contribution in [2.45, 2.75) is 71.4 Å². The second-order valence-corrected chi connectivity index (χ2v) is 6.37. The van der Waals surface area contributed by atoms with Gasteiger partial charge in [0.1, 0.15) is 0 Å². The Bertz CT molecular complexity index is 416. The molecule has 0 aromatic heterocycles. The molecule has 1 fully saturated rings. The molecular weight excluding hydrogens is 256 g/mol. The lowest BCUT2D eigenvalue weighted by molar-refractivity contribution is 0.514. The van der Waals surface area contributed by atoms with Crippen LogP contribution in [0.15, 0.2) is 24.3 Å². The molecule has 118 valence electrons. The van der Waals surface area contributed by atoms with Crippen LogP contribution in [0.2, 0.25) is 0 Å². The fourth-order valence-corrected chi connectivity index (χ4v) is 3.47. The first kappa shape index (κ1) is 16.4. The van der Waals surface area contributed by atoms with Crippen LogP contribution in [0.4, 0.5) is 5.69 Å². The highest BCUT2D eigenvalue weighted by atomic mass is 15.2. The summed E-state index contributed by atoms with van der Waals surface area (Å²) in [5.41, 5.74) is 2.95. The molecule has 1 aliphatic rings. The fraction of sp³-hybridized carbons (Fsp3) is 0.684. The van der Waals surface area contributed by atoms with E-state index in [1.54, 1.807) is 0 Å². The molecule has 0 amide bonds. The van der Waals surface area contributed by atoms with Crippen molar-refractivity contribution in [1.29, 1.82) is 0 Å². The van der Waals surface area contributed by atoms with Crippen LogP contribution < -0.4 is 10.2 Å².